The lowest BCUT2D eigenvalue weighted by molar-refractivity contribution is -0.128. The second-order valence-corrected chi connectivity index (χ2v) is 21.5. The highest BCUT2D eigenvalue weighted by Gasteiger charge is 2.47. The van der Waals surface area contributed by atoms with E-state index in [2.05, 4.69) is 69.4 Å². The lowest BCUT2D eigenvalue weighted by Gasteiger charge is -2.42. The molecule has 5 amide bonds. The standard InChI is InChI=1S/C43H65N5O10Si/c1-12-21-56-43(54)47-38(26(2)3)40(51)44-30(10)39(50)45-32-18-16-31(17-19-32)25-57-42(53)46-35-23-37(58-59(27(4)5,28(6)7)29(8)9)36(55-11)22-34(35)41(52)48-20-14-13-15-33(48)24-49/h12,16-19,22-23,26-30,33,38,49H,1,13-15,20-21,24-25H2,2-11H3,(H,44,51)(H,45,50)(H,46,53)(H,47,54)/t30-,33-,38-/m0/s1. The summed E-state index contributed by atoms with van der Waals surface area (Å²) >= 11 is 0. The van der Waals surface area contributed by atoms with Gasteiger partial charge in [0.2, 0.25) is 11.8 Å². The van der Waals surface area contributed by atoms with Crippen LogP contribution >= 0.6 is 0 Å². The van der Waals surface area contributed by atoms with Gasteiger partial charge in [-0.1, -0.05) is 80.2 Å². The zero-order chi connectivity index (χ0) is 44.0. The molecule has 1 heterocycles. The van der Waals surface area contributed by atoms with Crippen molar-refractivity contribution in [2.45, 2.75) is 123 Å². The fourth-order valence-corrected chi connectivity index (χ4v) is 12.9. The molecule has 3 rings (SSSR count). The Hall–Kier alpha value is -5.09. The van der Waals surface area contributed by atoms with Gasteiger partial charge in [-0.15, -0.1) is 0 Å². The van der Waals surface area contributed by atoms with E-state index < -0.39 is 44.4 Å². The number of carbonyl (C=O) groups is 5. The number of methoxy groups -OCH3 is 1. The van der Waals surface area contributed by atoms with E-state index in [1.54, 1.807) is 55.1 Å². The van der Waals surface area contributed by atoms with Gasteiger partial charge in [0, 0.05) is 18.3 Å². The molecule has 0 aromatic heterocycles. The van der Waals surface area contributed by atoms with Crippen LogP contribution in [0.5, 0.6) is 11.5 Å². The van der Waals surface area contributed by atoms with Gasteiger partial charge in [0.05, 0.1) is 31.0 Å². The zero-order valence-corrected chi connectivity index (χ0v) is 37.3. The van der Waals surface area contributed by atoms with E-state index in [4.69, 9.17) is 18.6 Å². The number of hydrogen-bond donors (Lipinski definition) is 5. The average molecular weight is 840 g/mol. The fourth-order valence-electron chi connectivity index (χ4n) is 7.67. The third-order valence-corrected chi connectivity index (χ3v) is 16.7. The number of nitrogens with zero attached hydrogens (tertiary/aromatic N) is 1. The quantitative estimate of drug-likeness (QED) is 0.0705. The molecule has 0 spiro atoms. The lowest BCUT2D eigenvalue weighted by atomic mass is 10.0. The van der Waals surface area contributed by atoms with Crippen LogP contribution in [-0.4, -0.2) is 93.2 Å². The Morgan fingerprint density at radius 1 is 0.847 bits per heavy atom. The van der Waals surface area contributed by atoms with E-state index in [0.717, 1.165) is 12.8 Å². The SMILES string of the molecule is C=CCOC(=O)N[C@H](C(=O)N[C@@H](C)C(=O)Nc1ccc(COC(=O)Nc2cc(O[Si](C(C)C)(C(C)C)C(C)C)c(OC)cc2C(=O)N2CCCC[C@H]2CO)cc1)C(C)C. The topological polar surface area (TPSA) is 194 Å². The van der Waals surface area contributed by atoms with E-state index in [1.807, 2.05) is 0 Å². The summed E-state index contributed by atoms with van der Waals surface area (Å²) in [5.74, 6) is -0.878. The van der Waals surface area contributed by atoms with Crippen molar-refractivity contribution in [2.24, 2.45) is 5.92 Å². The second-order valence-electron chi connectivity index (χ2n) is 16.2. The summed E-state index contributed by atoms with van der Waals surface area (Å²) < 4.78 is 23.3. The molecule has 0 saturated carbocycles. The van der Waals surface area contributed by atoms with Crippen LogP contribution in [0.1, 0.15) is 97.5 Å². The molecule has 0 bridgehead atoms. The number of likely N-dealkylation sites (tertiary alicyclic amines) is 1. The average Bonchev–Trinajstić information content (AvgIpc) is 3.19. The summed E-state index contributed by atoms with van der Waals surface area (Å²) in [6.45, 7) is 21.6. The first-order valence-electron chi connectivity index (χ1n) is 20.4. The maximum atomic E-state index is 14.1. The minimum absolute atomic E-state index is 0.0118. The summed E-state index contributed by atoms with van der Waals surface area (Å²) in [7, 11) is -0.980. The van der Waals surface area contributed by atoms with Gasteiger partial charge >= 0.3 is 12.2 Å². The smallest absolute Gasteiger partial charge is 0.411 e. The number of rotatable bonds is 19. The Bertz CT molecular complexity index is 1750. The molecule has 1 fully saturated rings. The monoisotopic (exact) mass is 839 g/mol. The second kappa shape index (κ2) is 22.3. The molecule has 2 aromatic rings. The van der Waals surface area contributed by atoms with Crippen LogP contribution in [0.4, 0.5) is 21.0 Å². The first kappa shape index (κ1) is 48.3. The van der Waals surface area contributed by atoms with Crippen molar-refractivity contribution < 1.29 is 47.7 Å². The Balaban J connectivity index is 1.77. The van der Waals surface area contributed by atoms with Gasteiger partial charge in [-0.05, 0) is 72.5 Å². The minimum Gasteiger partial charge on any atom is -0.540 e. The molecule has 16 heteroatoms. The molecular formula is C43H65N5O10Si. The summed E-state index contributed by atoms with van der Waals surface area (Å²) in [5.41, 5.74) is 2.15. The van der Waals surface area contributed by atoms with Crippen LogP contribution in [0.15, 0.2) is 49.1 Å². The number of piperidine rings is 1. The molecule has 1 aliphatic rings. The summed E-state index contributed by atoms with van der Waals surface area (Å²) in [5, 5.41) is 20.8. The van der Waals surface area contributed by atoms with Crippen LogP contribution < -0.4 is 30.4 Å². The molecule has 2 aromatic carbocycles. The largest absolute Gasteiger partial charge is 0.540 e. The van der Waals surface area contributed by atoms with E-state index in [0.29, 0.717) is 35.7 Å². The highest BCUT2D eigenvalue weighted by atomic mass is 28.4. The molecular weight excluding hydrogens is 775 g/mol. The molecule has 1 aliphatic heterocycles. The van der Waals surface area contributed by atoms with Crippen LogP contribution in [0, 0.1) is 5.92 Å². The molecule has 1 saturated heterocycles. The fraction of sp³-hybridized carbons (Fsp3) is 0.558. The van der Waals surface area contributed by atoms with Gasteiger partial charge in [0.25, 0.3) is 14.2 Å². The first-order chi connectivity index (χ1) is 27.9. The normalized spacial score (nSPS) is 15.3. The molecule has 3 atom stereocenters. The Kier molecular flexibility index (Phi) is 18.3. The number of aliphatic hydroxyl groups excluding tert-OH is 1. The predicted octanol–water partition coefficient (Wildman–Crippen LogP) is 7.37. The number of amides is 5. The number of alkyl carbamates (subject to hydrolysis) is 1. The van der Waals surface area contributed by atoms with E-state index in [9.17, 15) is 29.1 Å². The van der Waals surface area contributed by atoms with E-state index >= 15 is 0 Å². The maximum absolute atomic E-state index is 14.1. The summed E-state index contributed by atoms with van der Waals surface area (Å²) in [4.78, 5) is 67.1. The number of ether oxygens (including phenoxy) is 3. The Morgan fingerprint density at radius 2 is 1.49 bits per heavy atom. The lowest BCUT2D eigenvalue weighted by Crippen LogP contribution is -2.53. The highest BCUT2D eigenvalue weighted by Crippen LogP contribution is 2.46. The van der Waals surface area contributed by atoms with Crippen molar-refractivity contribution in [3.63, 3.8) is 0 Å². The highest BCUT2D eigenvalue weighted by molar-refractivity contribution is 6.78. The molecule has 0 radical (unpaired) electrons. The number of carbonyl (C=O) groups excluding carboxylic acids is 5. The van der Waals surface area contributed by atoms with Crippen molar-refractivity contribution in [3.05, 3.63) is 60.2 Å². The van der Waals surface area contributed by atoms with Crippen LogP contribution in [0.25, 0.3) is 0 Å². The van der Waals surface area contributed by atoms with Crippen LogP contribution in [0.3, 0.4) is 0 Å². The third kappa shape index (κ3) is 12.7. The molecule has 0 unspecified atom stereocenters. The van der Waals surface area contributed by atoms with Gasteiger partial charge in [0.1, 0.15) is 31.0 Å². The van der Waals surface area contributed by atoms with Gasteiger partial charge in [-0.25, -0.2) is 9.59 Å². The maximum Gasteiger partial charge on any atom is 0.411 e. The zero-order valence-electron chi connectivity index (χ0n) is 36.3. The van der Waals surface area contributed by atoms with Gasteiger partial charge < -0.3 is 44.6 Å². The predicted molar refractivity (Wildman–Crippen MR) is 230 cm³/mol. The number of aliphatic hydroxyl groups is 1. The number of anilines is 2. The first-order valence-corrected chi connectivity index (χ1v) is 22.5. The Labute approximate surface area is 350 Å². The summed E-state index contributed by atoms with van der Waals surface area (Å²) in [6, 6.07) is 7.62. The van der Waals surface area contributed by atoms with Crippen molar-refractivity contribution in [1.29, 1.82) is 0 Å². The van der Waals surface area contributed by atoms with Gasteiger partial charge in [-0.3, -0.25) is 19.7 Å². The number of benzene rings is 2. The van der Waals surface area contributed by atoms with Gasteiger partial charge in [-0.2, -0.15) is 0 Å². The molecule has 15 nitrogen and oxygen atoms in total. The van der Waals surface area contributed by atoms with Crippen molar-refractivity contribution >= 4 is 49.6 Å². The number of hydrogen-bond acceptors (Lipinski definition) is 10. The van der Waals surface area contributed by atoms with E-state index in [-0.39, 0.29) is 65.6 Å². The minimum atomic E-state index is -2.50. The van der Waals surface area contributed by atoms with Crippen LogP contribution in [-0.2, 0) is 25.7 Å². The molecule has 59 heavy (non-hydrogen) atoms. The van der Waals surface area contributed by atoms with Crippen molar-refractivity contribution in [3.8, 4) is 11.5 Å². The van der Waals surface area contributed by atoms with Gasteiger partial charge in [0.15, 0.2) is 5.75 Å². The molecule has 0 aliphatic carbocycles. The summed E-state index contributed by atoms with van der Waals surface area (Å²) in [6.07, 6.45) is 2.18. The van der Waals surface area contributed by atoms with Crippen molar-refractivity contribution in [2.75, 3.05) is 37.5 Å². The number of nitrogens with one attached hydrogen (secondary N) is 4. The molecule has 5 N–H and O–H groups in total. The Morgan fingerprint density at radius 3 is 2.05 bits per heavy atom. The van der Waals surface area contributed by atoms with Crippen molar-refractivity contribution in [1.82, 2.24) is 15.5 Å². The van der Waals surface area contributed by atoms with E-state index in [1.165, 1.54) is 20.1 Å². The third-order valence-electron chi connectivity index (χ3n) is 10.8. The van der Waals surface area contributed by atoms with Crippen LogP contribution in [0.2, 0.25) is 16.6 Å². The molecule has 326 valence electrons.